The molecule has 0 atom stereocenters. The fourth-order valence-corrected chi connectivity index (χ4v) is 1.91. The first-order chi connectivity index (χ1) is 8.75. The molecule has 1 aromatic heterocycles. The van der Waals surface area contributed by atoms with Gasteiger partial charge in [0.25, 0.3) is 0 Å². The van der Waals surface area contributed by atoms with Crippen LogP contribution in [0.5, 0.6) is 5.75 Å². The van der Waals surface area contributed by atoms with Crippen molar-refractivity contribution in [2.75, 3.05) is 23.8 Å². The fraction of sp³-hybridized carbons (Fsp3) is 0.167. The smallest absolute Gasteiger partial charge is 0.189 e. The number of para-hydroxylation sites is 1. The maximum Gasteiger partial charge on any atom is 0.189 e. The van der Waals surface area contributed by atoms with E-state index in [-0.39, 0.29) is 0 Å². The van der Waals surface area contributed by atoms with Crippen molar-refractivity contribution in [3.63, 3.8) is 0 Å². The average Bonchev–Trinajstić information content (AvgIpc) is 2.40. The number of nitrogens with zero attached hydrogens (tertiary/aromatic N) is 2. The summed E-state index contributed by atoms with van der Waals surface area (Å²) in [6, 6.07) is 9.66. The molecule has 18 heavy (non-hydrogen) atoms. The summed E-state index contributed by atoms with van der Waals surface area (Å²) in [5.74, 6) is 1.92. The molecule has 6 heteroatoms. The van der Waals surface area contributed by atoms with Gasteiger partial charge in [0.1, 0.15) is 5.75 Å². The van der Waals surface area contributed by atoms with E-state index in [1.54, 1.807) is 0 Å². The van der Waals surface area contributed by atoms with Crippen LogP contribution in [0.4, 0.5) is 11.5 Å². The second-order valence-corrected chi connectivity index (χ2v) is 4.57. The first kappa shape index (κ1) is 12.5. The zero-order valence-corrected chi connectivity index (χ0v) is 10.6. The van der Waals surface area contributed by atoms with E-state index in [4.69, 9.17) is 16.2 Å². The molecule has 0 unspecified atom stereocenters. The van der Waals surface area contributed by atoms with Crippen LogP contribution in [-0.4, -0.2) is 22.3 Å². The lowest BCUT2D eigenvalue weighted by molar-refractivity contribution is 0.344. The summed E-state index contributed by atoms with van der Waals surface area (Å²) in [6.45, 7) is 0.586. The molecule has 0 fully saturated rings. The molecule has 2 aromatic rings. The normalized spacial score (nSPS) is 10.2. The summed E-state index contributed by atoms with van der Waals surface area (Å²) in [5, 5.41) is 0.610. The van der Waals surface area contributed by atoms with Crippen molar-refractivity contribution in [2.45, 2.75) is 5.16 Å². The molecule has 0 aliphatic carbocycles. The van der Waals surface area contributed by atoms with Gasteiger partial charge in [-0.1, -0.05) is 30.0 Å². The van der Waals surface area contributed by atoms with E-state index in [0.717, 1.165) is 11.5 Å². The van der Waals surface area contributed by atoms with Gasteiger partial charge in [-0.2, -0.15) is 0 Å². The molecular weight excluding hydrogens is 248 g/mol. The minimum Gasteiger partial charge on any atom is -0.493 e. The van der Waals surface area contributed by atoms with Gasteiger partial charge < -0.3 is 16.2 Å². The summed E-state index contributed by atoms with van der Waals surface area (Å²) in [6.07, 6.45) is 1.52. The van der Waals surface area contributed by atoms with Gasteiger partial charge in [0, 0.05) is 5.75 Å². The lowest BCUT2D eigenvalue weighted by atomic mass is 10.3. The Bertz CT molecular complexity index is 507. The van der Waals surface area contributed by atoms with Crippen molar-refractivity contribution in [1.82, 2.24) is 9.97 Å². The van der Waals surface area contributed by atoms with Crippen LogP contribution in [-0.2, 0) is 0 Å². The lowest BCUT2D eigenvalue weighted by Crippen LogP contribution is -2.03. The maximum absolute atomic E-state index is 5.60. The first-order valence-corrected chi connectivity index (χ1v) is 6.43. The molecule has 5 nitrogen and oxygen atoms in total. The van der Waals surface area contributed by atoms with Crippen LogP contribution in [0.25, 0.3) is 0 Å². The van der Waals surface area contributed by atoms with Crippen LogP contribution < -0.4 is 16.2 Å². The van der Waals surface area contributed by atoms with Gasteiger partial charge in [0.15, 0.2) is 11.0 Å². The SMILES string of the molecule is Nc1cnc(SCCOc2ccccc2)nc1N. The van der Waals surface area contributed by atoms with Gasteiger partial charge >= 0.3 is 0 Å². The van der Waals surface area contributed by atoms with Crippen LogP contribution in [0.3, 0.4) is 0 Å². The molecule has 0 amide bonds. The summed E-state index contributed by atoms with van der Waals surface area (Å²) in [5.41, 5.74) is 11.5. The van der Waals surface area contributed by atoms with E-state index in [1.165, 1.54) is 18.0 Å². The molecule has 0 radical (unpaired) electrons. The minimum absolute atomic E-state index is 0.316. The molecule has 0 saturated carbocycles. The van der Waals surface area contributed by atoms with Crippen molar-refractivity contribution in [1.29, 1.82) is 0 Å². The number of hydrogen-bond donors (Lipinski definition) is 2. The van der Waals surface area contributed by atoms with Gasteiger partial charge in [0.05, 0.1) is 18.5 Å². The Balaban J connectivity index is 1.77. The third-order valence-electron chi connectivity index (χ3n) is 2.15. The molecule has 0 bridgehead atoms. The van der Waals surface area contributed by atoms with E-state index in [2.05, 4.69) is 9.97 Å². The first-order valence-electron chi connectivity index (χ1n) is 5.44. The number of ether oxygens (including phenoxy) is 1. The van der Waals surface area contributed by atoms with Crippen molar-refractivity contribution >= 4 is 23.3 Å². The van der Waals surface area contributed by atoms with Gasteiger partial charge in [0.2, 0.25) is 0 Å². The molecule has 2 rings (SSSR count). The number of anilines is 2. The Labute approximate surface area is 110 Å². The highest BCUT2D eigenvalue weighted by Crippen LogP contribution is 2.17. The topological polar surface area (TPSA) is 87.0 Å². The quantitative estimate of drug-likeness (QED) is 0.485. The van der Waals surface area contributed by atoms with Crippen molar-refractivity contribution in [3.8, 4) is 5.75 Å². The Morgan fingerprint density at radius 3 is 2.67 bits per heavy atom. The van der Waals surface area contributed by atoms with E-state index in [0.29, 0.717) is 23.3 Å². The number of nitrogens with two attached hydrogens (primary N) is 2. The monoisotopic (exact) mass is 262 g/mol. The highest BCUT2D eigenvalue weighted by atomic mass is 32.2. The number of nitrogen functional groups attached to an aromatic ring is 2. The predicted molar refractivity (Wildman–Crippen MR) is 73.5 cm³/mol. The standard InChI is InChI=1S/C12H14N4OS/c13-10-8-15-12(16-11(10)14)18-7-6-17-9-4-2-1-3-5-9/h1-5,8H,6-7,13H2,(H2,14,15,16). The fourth-order valence-electron chi connectivity index (χ4n) is 1.27. The molecular formula is C12H14N4OS. The second kappa shape index (κ2) is 6.11. The van der Waals surface area contributed by atoms with Crippen molar-refractivity contribution < 1.29 is 4.74 Å². The van der Waals surface area contributed by atoms with Gasteiger partial charge in [-0.25, -0.2) is 9.97 Å². The number of rotatable bonds is 5. The molecule has 0 saturated heterocycles. The molecule has 0 aliphatic rings. The van der Waals surface area contributed by atoms with E-state index in [9.17, 15) is 0 Å². The van der Waals surface area contributed by atoms with Crippen LogP contribution in [0.1, 0.15) is 0 Å². The third-order valence-corrected chi connectivity index (χ3v) is 2.98. The number of thioether (sulfide) groups is 1. The second-order valence-electron chi connectivity index (χ2n) is 3.50. The molecule has 0 spiro atoms. The summed E-state index contributed by atoms with van der Waals surface area (Å²) in [4.78, 5) is 8.14. The summed E-state index contributed by atoms with van der Waals surface area (Å²) < 4.78 is 5.55. The highest BCUT2D eigenvalue weighted by Gasteiger charge is 2.01. The van der Waals surface area contributed by atoms with Crippen molar-refractivity contribution in [2.24, 2.45) is 0 Å². The van der Waals surface area contributed by atoms with Crippen LogP contribution in [0.2, 0.25) is 0 Å². The molecule has 1 aromatic carbocycles. The molecule has 94 valence electrons. The largest absolute Gasteiger partial charge is 0.493 e. The van der Waals surface area contributed by atoms with E-state index >= 15 is 0 Å². The van der Waals surface area contributed by atoms with Gasteiger partial charge in [-0.15, -0.1) is 0 Å². The van der Waals surface area contributed by atoms with E-state index < -0.39 is 0 Å². The van der Waals surface area contributed by atoms with E-state index in [1.807, 2.05) is 30.3 Å². The molecule has 4 N–H and O–H groups in total. The Kier molecular flexibility index (Phi) is 4.25. The van der Waals surface area contributed by atoms with Crippen LogP contribution >= 0.6 is 11.8 Å². The Morgan fingerprint density at radius 2 is 1.94 bits per heavy atom. The number of hydrogen-bond acceptors (Lipinski definition) is 6. The summed E-state index contributed by atoms with van der Waals surface area (Å²) >= 11 is 1.48. The van der Waals surface area contributed by atoms with Gasteiger partial charge in [-0.05, 0) is 12.1 Å². The van der Waals surface area contributed by atoms with Crippen LogP contribution in [0, 0.1) is 0 Å². The van der Waals surface area contributed by atoms with Gasteiger partial charge in [-0.3, -0.25) is 0 Å². The molecule has 1 heterocycles. The highest BCUT2D eigenvalue weighted by molar-refractivity contribution is 7.99. The Hall–Kier alpha value is -1.95. The molecule has 0 aliphatic heterocycles. The number of benzene rings is 1. The minimum atomic E-state index is 0.316. The van der Waals surface area contributed by atoms with Crippen LogP contribution in [0.15, 0.2) is 41.7 Å². The Morgan fingerprint density at radius 1 is 1.17 bits per heavy atom. The average molecular weight is 262 g/mol. The zero-order valence-electron chi connectivity index (χ0n) is 9.74. The third kappa shape index (κ3) is 3.53. The maximum atomic E-state index is 5.60. The number of aromatic nitrogens is 2. The predicted octanol–water partition coefficient (Wildman–Crippen LogP) is 1.81. The lowest BCUT2D eigenvalue weighted by Gasteiger charge is -2.05. The van der Waals surface area contributed by atoms with Crippen molar-refractivity contribution in [3.05, 3.63) is 36.5 Å². The zero-order chi connectivity index (χ0) is 12.8. The summed E-state index contributed by atoms with van der Waals surface area (Å²) in [7, 11) is 0.